The third kappa shape index (κ3) is 3.70. The molecule has 5 rings (SSSR count). The largest absolute Gasteiger partial charge is 0.384 e. The van der Waals surface area contributed by atoms with Crippen LogP contribution >= 0.6 is 0 Å². The molecule has 5 atom stereocenters. The SMILES string of the molecule is CO[C@@H]1CC[C@H]2[C@@H]3CCC4=CC(=O)CCC4=C3[C@@H](c3ccc(C(C)=O)c(C#CCO)c3)CC12C. The summed E-state index contributed by atoms with van der Waals surface area (Å²) in [5.41, 5.74) is 6.76. The van der Waals surface area contributed by atoms with Crippen LogP contribution in [-0.2, 0) is 9.53 Å². The van der Waals surface area contributed by atoms with Gasteiger partial charge in [-0.3, -0.25) is 9.59 Å². The summed E-state index contributed by atoms with van der Waals surface area (Å²) in [6.07, 6.45) is 8.96. The molecule has 0 aliphatic heterocycles. The lowest BCUT2D eigenvalue weighted by molar-refractivity contribution is -0.114. The number of rotatable bonds is 3. The van der Waals surface area contributed by atoms with Gasteiger partial charge in [0.1, 0.15) is 6.61 Å². The van der Waals surface area contributed by atoms with Crippen LogP contribution in [0.15, 0.2) is 41.0 Å². The smallest absolute Gasteiger partial charge is 0.161 e. The minimum Gasteiger partial charge on any atom is -0.384 e. The first-order valence-corrected chi connectivity index (χ1v) is 12.6. The number of benzene rings is 1. The van der Waals surface area contributed by atoms with E-state index in [4.69, 9.17) is 4.74 Å². The van der Waals surface area contributed by atoms with Gasteiger partial charge >= 0.3 is 0 Å². The standard InChI is InChI=1S/C30H34O4/c1-18(32)23-9-6-20(15-19(23)5-4-14-31)26-17-30(2)27(12-13-28(30)34-3)25-10-7-21-16-22(33)8-11-24(21)29(25)26/h6,9,15-16,25-28,31H,7-8,10-14,17H2,1-3H3/t25-,26+,27-,28+,30?/m0/s1. The first-order valence-electron chi connectivity index (χ1n) is 12.6. The second kappa shape index (κ2) is 8.95. The van der Waals surface area contributed by atoms with Crippen LogP contribution in [0, 0.1) is 29.1 Å². The van der Waals surface area contributed by atoms with Crippen LogP contribution in [0.4, 0.5) is 0 Å². The van der Waals surface area contributed by atoms with Crippen molar-refractivity contribution in [3.8, 4) is 11.8 Å². The number of fused-ring (bicyclic) bond motifs is 4. The number of aliphatic hydroxyl groups excluding tert-OH is 1. The summed E-state index contributed by atoms with van der Waals surface area (Å²) in [6, 6.07) is 6.07. The number of ether oxygens (including phenoxy) is 1. The number of methoxy groups -OCH3 is 1. The van der Waals surface area contributed by atoms with Crippen molar-refractivity contribution in [2.75, 3.05) is 13.7 Å². The Bertz CT molecular complexity index is 1160. The van der Waals surface area contributed by atoms with Gasteiger partial charge in [0.15, 0.2) is 11.6 Å². The summed E-state index contributed by atoms with van der Waals surface area (Å²) in [5, 5.41) is 9.26. The summed E-state index contributed by atoms with van der Waals surface area (Å²) in [7, 11) is 1.85. The second-order valence-electron chi connectivity index (χ2n) is 10.7. The van der Waals surface area contributed by atoms with Gasteiger partial charge in [-0.2, -0.15) is 0 Å². The molecule has 1 aromatic rings. The number of hydrogen-bond acceptors (Lipinski definition) is 4. The number of allylic oxidation sites excluding steroid dienone is 4. The van der Waals surface area contributed by atoms with Crippen molar-refractivity contribution in [3.05, 3.63) is 57.7 Å². The molecule has 4 heteroatoms. The fourth-order valence-electron chi connectivity index (χ4n) is 7.62. The van der Waals surface area contributed by atoms with Crippen molar-refractivity contribution >= 4 is 11.6 Å². The lowest BCUT2D eigenvalue weighted by Gasteiger charge is -2.52. The molecular weight excluding hydrogens is 424 g/mol. The van der Waals surface area contributed by atoms with Crippen LogP contribution in [0.2, 0.25) is 0 Å². The van der Waals surface area contributed by atoms with Crippen LogP contribution < -0.4 is 0 Å². The highest BCUT2D eigenvalue weighted by atomic mass is 16.5. The molecule has 0 aromatic heterocycles. The molecule has 0 heterocycles. The quantitative estimate of drug-likeness (QED) is 0.503. The number of aliphatic hydroxyl groups is 1. The highest BCUT2D eigenvalue weighted by Crippen LogP contribution is 2.64. The number of ketones is 2. The van der Waals surface area contributed by atoms with Crippen LogP contribution in [0.5, 0.6) is 0 Å². The molecule has 0 radical (unpaired) electrons. The summed E-state index contributed by atoms with van der Waals surface area (Å²) < 4.78 is 6.03. The van der Waals surface area contributed by atoms with Gasteiger partial charge in [0, 0.05) is 30.6 Å². The molecule has 2 saturated carbocycles. The van der Waals surface area contributed by atoms with Gasteiger partial charge in [0.25, 0.3) is 0 Å². The van der Waals surface area contributed by atoms with Gasteiger partial charge < -0.3 is 9.84 Å². The molecule has 0 bridgehead atoms. The minimum absolute atomic E-state index is 0.0201. The Hall–Kier alpha value is -2.48. The zero-order valence-electron chi connectivity index (χ0n) is 20.4. The van der Waals surface area contributed by atoms with E-state index in [1.807, 2.05) is 19.3 Å². The van der Waals surface area contributed by atoms with Crippen molar-refractivity contribution in [3.63, 3.8) is 0 Å². The number of hydrogen-bond donors (Lipinski definition) is 1. The van der Waals surface area contributed by atoms with E-state index in [-0.39, 0.29) is 35.6 Å². The van der Waals surface area contributed by atoms with Crippen LogP contribution in [0.1, 0.15) is 86.2 Å². The number of Topliss-reactive ketones (excluding diaryl/α,β-unsaturated/α-hetero) is 1. The number of carbonyl (C=O) groups is 2. The normalized spacial score (nSPS) is 32.2. The molecule has 0 saturated heterocycles. The van der Waals surface area contributed by atoms with E-state index in [2.05, 4.69) is 30.9 Å². The van der Waals surface area contributed by atoms with E-state index < -0.39 is 0 Å². The maximum Gasteiger partial charge on any atom is 0.161 e. The highest BCUT2D eigenvalue weighted by Gasteiger charge is 2.56. The second-order valence-corrected chi connectivity index (χ2v) is 10.7. The van der Waals surface area contributed by atoms with E-state index in [1.54, 1.807) is 6.92 Å². The number of carbonyl (C=O) groups excluding carboxylic acids is 2. The van der Waals surface area contributed by atoms with Gasteiger partial charge in [-0.25, -0.2) is 0 Å². The minimum atomic E-state index is -0.236. The summed E-state index contributed by atoms with van der Waals surface area (Å²) in [5.74, 6) is 7.29. The van der Waals surface area contributed by atoms with Crippen molar-refractivity contribution < 1.29 is 19.4 Å². The summed E-state index contributed by atoms with van der Waals surface area (Å²) in [6.45, 7) is 3.74. The van der Waals surface area contributed by atoms with Gasteiger partial charge in [0.2, 0.25) is 0 Å². The zero-order chi connectivity index (χ0) is 24.0. The third-order valence-corrected chi connectivity index (χ3v) is 9.06. The molecule has 4 aliphatic carbocycles. The fraction of sp³-hybridized carbons (Fsp3) is 0.533. The fourth-order valence-corrected chi connectivity index (χ4v) is 7.62. The predicted octanol–water partition coefficient (Wildman–Crippen LogP) is 5.15. The monoisotopic (exact) mass is 458 g/mol. The average molecular weight is 459 g/mol. The molecule has 1 aromatic carbocycles. The van der Waals surface area contributed by atoms with Crippen molar-refractivity contribution in [1.29, 1.82) is 0 Å². The predicted molar refractivity (Wildman–Crippen MR) is 131 cm³/mol. The van der Waals surface area contributed by atoms with Crippen LogP contribution in [0.25, 0.3) is 0 Å². The van der Waals surface area contributed by atoms with Crippen molar-refractivity contribution in [2.24, 2.45) is 17.3 Å². The maximum atomic E-state index is 12.3. The molecule has 1 N–H and O–H groups in total. The average Bonchev–Trinajstić information content (AvgIpc) is 3.17. The Morgan fingerprint density at radius 3 is 2.76 bits per heavy atom. The molecular formula is C30H34O4. The van der Waals surface area contributed by atoms with Gasteiger partial charge in [0.05, 0.1) is 6.10 Å². The molecule has 0 spiro atoms. The molecule has 0 amide bonds. The maximum absolute atomic E-state index is 12.3. The first-order chi connectivity index (χ1) is 16.4. The molecule has 34 heavy (non-hydrogen) atoms. The van der Waals surface area contributed by atoms with E-state index in [9.17, 15) is 14.7 Å². The van der Waals surface area contributed by atoms with Crippen LogP contribution in [0.3, 0.4) is 0 Å². The lowest BCUT2D eigenvalue weighted by atomic mass is 9.53. The highest BCUT2D eigenvalue weighted by molar-refractivity contribution is 5.96. The summed E-state index contributed by atoms with van der Waals surface area (Å²) in [4.78, 5) is 24.5. The van der Waals surface area contributed by atoms with E-state index in [1.165, 1.54) is 28.7 Å². The Labute approximate surface area is 202 Å². The van der Waals surface area contributed by atoms with E-state index in [0.29, 0.717) is 29.4 Å². The topological polar surface area (TPSA) is 63.6 Å². The van der Waals surface area contributed by atoms with Crippen molar-refractivity contribution in [1.82, 2.24) is 0 Å². The van der Waals surface area contributed by atoms with Gasteiger partial charge in [-0.1, -0.05) is 30.4 Å². The summed E-state index contributed by atoms with van der Waals surface area (Å²) >= 11 is 0. The van der Waals surface area contributed by atoms with Gasteiger partial charge in [-0.05, 0) is 97.6 Å². The molecule has 178 valence electrons. The third-order valence-electron chi connectivity index (χ3n) is 9.06. The molecule has 4 nitrogen and oxygen atoms in total. The Kier molecular flexibility index (Phi) is 6.12. The molecule has 1 unspecified atom stereocenters. The Balaban J connectivity index is 1.68. The molecule has 2 fully saturated rings. The van der Waals surface area contributed by atoms with Gasteiger partial charge in [-0.15, -0.1) is 0 Å². The lowest BCUT2D eigenvalue weighted by Crippen LogP contribution is -2.45. The molecule has 4 aliphatic rings. The van der Waals surface area contributed by atoms with Crippen molar-refractivity contribution in [2.45, 2.75) is 70.8 Å². The Morgan fingerprint density at radius 2 is 2.03 bits per heavy atom. The van der Waals surface area contributed by atoms with E-state index in [0.717, 1.165) is 32.1 Å². The Morgan fingerprint density at radius 1 is 1.21 bits per heavy atom. The zero-order valence-corrected chi connectivity index (χ0v) is 20.4. The first kappa shape index (κ1) is 23.3. The van der Waals surface area contributed by atoms with E-state index >= 15 is 0 Å². The van der Waals surface area contributed by atoms with Crippen LogP contribution in [-0.4, -0.2) is 36.5 Å².